The first-order chi connectivity index (χ1) is 30.0. The number of aliphatic hydroxyl groups excluding tert-OH is 2. The molecule has 0 aliphatic carbocycles. The van der Waals surface area contributed by atoms with Crippen molar-refractivity contribution >= 4 is 11.9 Å². The molecule has 2 unspecified atom stereocenters. The summed E-state index contributed by atoms with van der Waals surface area (Å²) in [4.78, 5) is 24.4. The molecule has 6 heteroatoms. The molecule has 61 heavy (non-hydrogen) atoms. The number of carbonyl (C=O) groups is 2. The Morgan fingerprint density at radius 1 is 0.475 bits per heavy atom. The van der Waals surface area contributed by atoms with Gasteiger partial charge in [0.15, 0.2) is 0 Å². The number of unbranched alkanes of at least 4 members (excludes halogenated alkanes) is 30. The number of carbonyl (C=O) groups excluding carboxylic acids is 2. The standard InChI is InChI=1S/C55H101NO5/c1-3-5-7-9-11-13-15-16-25-29-33-37-41-45-49-55(60)61-50-46-42-38-34-30-26-23-21-19-17-18-20-22-24-28-32-36-40-44-48-54(59)56-52(51-57)53(58)47-43-39-35-31-27-14-12-10-8-6-4-2/h9,11,15-16,21,23,26,30,52-53,57-58H,3-8,10,12-14,17-20,22,24-25,27-29,31-51H2,1-2H3,(H,56,59)/b11-9-,16-15-,23-21-,30-26-. The number of amides is 1. The minimum absolute atomic E-state index is 0.0289. The van der Waals surface area contributed by atoms with Crippen LogP contribution < -0.4 is 5.32 Å². The second-order valence-electron chi connectivity index (χ2n) is 17.9. The number of ether oxygens (including phenoxy) is 1. The molecule has 0 aromatic rings. The molecular weight excluding hydrogens is 755 g/mol. The summed E-state index contributed by atoms with van der Waals surface area (Å²) in [7, 11) is 0. The van der Waals surface area contributed by atoms with E-state index in [1.165, 1.54) is 148 Å². The number of hydrogen-bond acceptors (Lipinski definition) is 5. The normalized spacial score (nSPS) is 13.0. The Labute approximate surface area is 378 Å². The van der Waals surface area contributed by atoms with Crippen LogP contribution in [-0.2, 0) is 14.3 Å². The lowest BCUT2D eigenvalue weighted by Gasteiger charge is -2.22. The molecule has 0 heterocycles. The van der Waals surface area contributed by atoms with Crippen molar-refractivity contribution in [2.75, 3.05) is 13.2 Å². The van der Waals surface area contributed by atoms with Gasteiger partial charge in [0.05, 0.1) is 25.4 Å². The van der Waals surface area contributed by atoms with E-state index in [1.807, 2.05) is 0 Å². The van der Waals surface area contributed by atoms with Crippen molar-refractivity contribution in [2.45, 2.75) is 276 Å². The minimum atomic E-state index is -0.670. The van der Waals surface area contributed by atoms with Crippen molar-refractivity contribution in [3.8, 4) is 0 Å². The lowest BCUT2D eigenvalue weighted by atomic mass is 10.0. The number of hydrogen-bond donors (Lipinski definition) is 3. The topological polar surface area (TPSA) is 95.9 Å². The minimum Gasteiger partial charge on any atom is -0.466 e. The Balaban J connectivity index is 3.49. The third-order valence-electron chi connectivity index (χ3n) is 11.9. The molecule has 0 saturated carbocycles. The lowest BCUT2D eigenvalue weighted by molar-refractivity contribution is -0.143. The van der Waals surface area contributed by atoms with Crippen LogP contribution in [0.25, 0.3) is 0 Å². The first-order valence-corrected chi connectivity index (χ1v) is 26.4. The van der Waals surface area contributed by atoms with E-state index >= 15 is 0 Å². The Morgan fingerprint density at radius 3 is 1.39 bits per heavy atom. The zero-order chi connectivity index (χ0) is 44.4. The molecule has 2 atom stereocenters. The summed E-state index contributed by atoms with van der Waals surface area (Å²) in [5, 5.41) is 23.1. The fraction of sp³-hybridized carbons (Fsp3) is 0.818. The van der Waals surface area contributed by atoms with Crippen LogP contribution in [0.2, 0.25) is 0 Å². The van der Waals surface area contributed by atoms with Crippen molar-refractivity contribution in [1.29, 1.82) is 0 Å². The molecule has 0 aliphatic heterocycles. The van der Waals surface area contributed by atoms with Crippen LogP contribution in [-0.4, -0.2) is 47.4 Å². The van der Waals surface area contributed by atoms with Crippen LogP contribution in [0.3, 0.4) is 0 Å². The SMILES string of the molecule is CCCC/C=C\C/C=C\CCCCCCCC(=O)OCCCCC/C=C\C=C/CCCCCCCCCCCCC(=O)NC(CO)C(O)CCCCCCCCCCCCC. The van der Waals surface area contributed by atoms with Gasteiger partial charge in [-0.15, -0.1) is 0 Å². The molecule has 3 N–H and O–H groups in total. The summed E-state index contributed by atoms with van der Waals surface area (Å²) in [6.45, 7) is 4.84. The van der Waals surface area contributed by atoms with Crippen LogP contribution in [0.5, 0.6) is 0 Å². The zero-order valence-corrected chi connectivity index (χ0v) is 40.4. The number of rotatable bonds is 48. The Hall–Kier alpha value is -2.18. The predicted octanol–water partition coefficient (Wildman–Crippen LogP) is 15.8. The van der Waals surface area contributed by atoms with E-state index in [9.17, 15) is 19.8 Å². The van der Waals surface area contributed by atoms with E-state index in [4.69, 9.17) is 4.74 Å². The van der Waals surface area contributed by atoms with Crippen molar-refractivity contribution in [3.05, 3.63) is 48.6 Å². The molecular formula is C55H101NO5. The molecule has 0 aromatic heterocycles. The van der Waals surface area contributed by atoms with Gasteiger partial charge in [-0.1, -0.05) is 217 Å². The third kappa shape index (κ3) is 47.1. The van der Waals surface area contributed by atoms with Gasteiger partial charge in [0.1, 0.15) is 0 Å². The van der Waals surface area contributed by atoms with Gasteiger partial charge in [-0.05, 0) is 83.5 Å². The molecule has 0 radical (unpaired) electrons. The summed E-state index contributed by atoms with van der Waals surface area (Å²) in [6, 6.07) is -0.549. The van der Waals surface area contributed by atoms with Crippen molar-refractivity contribution < 1.29 is 24.5 Å². The highest BCUT2D eigenvalue weighted by atomic mass is 16.5. The number of aliphatic hydroxyl groups is 2. The maximum absolute atomic E-state index is 12.4. The molecule has 0 rings (SSSR count). The van der Waals surface area contributed by atoms with Crippen molar-refractivity contribution in [1.82, 2.24) is 5.32 Å². The Morgan fingerprint density at radius 2 is 0.885 bits per heavy atom. The molecule has 356 valence electrons. The van der Waals surface area contributed by atoms with Gasteiger partial charge in [0, 0.05) is 12.8 Å². The number of nitrogens with one attached hydrogen (secondary N) is 1. The zero-order valence-electron chi connectivity index (χ0n) is 40.4. The van der Waals surface area contributed by atoms with Gasteiger partial charge in [-0.2, -0.15) is 0 Å². The first kappa shape index (κ1) is 58.8. The second-order valence-corrected chi connectivity index (χ2v) is 17.9. The van der Waals surface area contributed by atoms with Crippen molar-refractivity contribution in [3.63, 3.8) is 0 Å². The van der Waals surface area contributed by atoms with Gasteiger partial charge in [-0.25, -0.2) is 0 Å². The molecule has 0 saturated heterocycles. The highest BCUT2D eigenvalue weighted by Gasteiger charge is 2.20. The van der Waals surface area contributed by atoms with Gasteiger partial charge >= 0.3 is 5.97 Å². The fourth-order valence-corrected chi connectivity index (χ4v) is 7.76. The van der Waals surface area contributed by atoms with E-state index in [0.29, 0.717) is 25.9 Å². The predicted molar refractivity (Wildman–Crippen MR) is 264 cm³/mol. The van der Waals surface area contributed by atoms with Gasteiger partial charge in [0.2, 0.25) is 5.91 Å². The van der Waals surface area contributed by atoms with Crippen LogP contribution in [0.1, 0.15) is 264 Å². The monoisotopic (exact) mass is 856 g/mol. The Kier molecular flexibility index (Phi) is 48.7. The lowest BCUT2D eigenvalue weighted by Crippen LogP contribution is -2.45. The number of esters is 1. The van der Waals surface area contributed by atoms with E-state index in [1.54, 1.807) is 0 Å². The van der Waals surface area contributed by atoms with E-state index in [0.717, 1.165) is 83.5 Å². The van der Waals surface area contributed by atoms with E-state index in [-0.39, 0.29) is 18.5 Å². The molecule has 0 fully saturated rings. The highest BCUT2D eigenvalue weighted by Crippen LogP contribution is 2.15. The summed E-state index contributed by atoms with van der Waals surface area (Å²) in [6.07, 6.45) is 62.3. The first-order valence-electron chi connectivity index (χ1n) is 26.4. The Bertz CT molecular complexity index is 1040. The quantitative estimate of drug-likeness (QED) is 0.0245. The highest BCUT2D eigenvalue weighted by molar-refractivity contribution is 5.76. The maximum atomic E-state index is 12.4. The maximum Gasteiger partial charge on any atom is 0.305 e. The second kappa shape index (κ2) is 50.5. The third-order valence-corrected chi connectivity index (χ3v) is 11.9. The molecule has 6 nitrogen and oxygen atoms in total. The van der Waals surface area contributed by atoms with E-state index < -0.39 is 12.1 Å². The van der Waals surface area contributed by atoms with Crippen LogP contribution in [0.15, 0.2) is 48.6 Å². The number of allylic oxidation sites excluding steroid dienone is 8. The van der Waals surface area contributed by atoms with E-state index in [2.05, 4.69) is 67.8 Å². The van der Waals surface area contributed by atoms with Crippen LogP contribution >= 0.6 is 0 Å². The van der Waals surface area contributed by atoms with Crippen molar-refractivity contribution in [2.24, 2.45) is 0 Å². The average Bonchev–Trinajstić information content (AvgIpc) is 3.26. The molecule has 0 aromatic carbocycles. The summed E-state index contributed by atoms with van der Waals surface area (Å²) in [5.74, 6) is -0.0763. The largest absolute Gasteiger partial charge is 0.466 e. The van der Waals surface area contributed by atoms with Crippen LogP contribution in [0.4, 0.5) is 0 Å². The smallest absolute Gasteiger partial charge is 0.305 e. The summed E-state index contributed by atoms with van der Waals surface area (Å²) < 4.78 is 5.43. The molecule has 0 aliphatic rings. The van der Waals surface area contributed by atoms with Gasteiger partial charge in [-0.3, -0.25) is 9.59 Å². The summed E-state index contributed by atoms with van der Waals surface area (Å²) in [5.41, 5.74) is 0. The molecule has 0 bridgehead atoms. The fourth-order valence-electron chi connectivity index (χ4n) is 7.76. The van der Waals surface area contributed by atoms with Gasteiger partial charge in [0.25, 0.3) is 0 Å². The molecule has 1 amide bonds. The average molecular weight is 856 g/mol. The molecule has 0 spiro atoms. The van der Waals surface area contributed by atoms with Crippen LogP contribution in [0, 0.1) is 0 Å². The van der Waals surface area contributed by atoms with Gasteiger partial charge < -0.3 is 20.3 Å². The summed E-state index contributed by atoms with van der Waals surface area (Å²) >= 11 is 0.